The van der Waals surface area contributed by atoms with Crippen LogP contribution < -0.4 is 0 Å². The van der Waals surface area contributed by atoms with Crippen LogP contribution in [0.25, 0.3) is 11.3 Å². The molecule has 6 nitrogen and oxygen atoms in total. The molecule has 7 heteroatoms. The molecule has 0 spiro atoms. The lowest BCUT2D eigenvalue weighted by atomic mass is 9.95. The van der Waals surface area contributed by atoms with Crippen molar-refractivity contribution in [3.63, 3.8) is 0 Å². The number of aromatic nitrogens is 3. The van der Waals surface area contributed by atoms with Crippen LogP contribution in [0.1, 0.15) is 33.2 Å². The highest BCUT2D eigenvalue weighted by molar-refractivity contribution is 6.30. The molecule has 0 radical (unpaired) electrons. The molecule has 2 aromatic carbocycles. The topological polar surface area (TPSA) is 82.1 Å². The molecule has 1 atom stereocenters. The van der Waals surface area contributed by atoms with Crippen LogP contribution in [-0.4, -0.2) is 31.1 Å². The van der Waals surface area contributed by atoms with Gasteiger partial charge in [0.1, 0.15) is 17.1 Å². The van der Waals surface area contributed by atoms with E-state index in [4.69, 9.17) is 11.6 Å². The highest BCUT2D eigenvalue weighted by Crippen LogP contribution is 2.45. The Kier molecular flexibility index (Phi) is 4.48. The molecule has 1 unspecified atom stereocenters. The Morgan fingerprint density at radius 1 is 1.03 bits per heavy atom. The number of benzene rings is 2. The van der Waals surface area contributed by atoms with Gasteiger partial charge >= 0.3 is 0 Å². The van der Waals surface area contributed by atoms with Crippen molar-refractivity contribution in [1.82, 2.24) is 20.1 Å². The maximum Gasteiger partial charge on any atom is 0.273 e. The number of halogens is 1. The fourth-order valence-electron chi connectivity index (χ4n) is 3.92. The third kappa shape index (κ3) is 3.02. The van der Waals surface area contributed by atoms with Crippen molar-refractivity contribution in [3.8, 4) is 17.0 Å². The minimum Gasteiger partial charge on any atom is -0.507 e. The lowest BCUT2D eigenvalue weighted by molar-refractivity contribution is 0.0730. The molecule has 0 aliphatic carbocycles. The molecule has 2 aromatic heterocycles. The maximum atomic E-state index is 13.3. The van der Waals surface area contributed by atoms with Gasteiger partial charge < -0.3 is 10.0 Å². The molecule has 1 aliphatic rings. The van der Waals surface area contributed by atoms with Crippen LogP contribution in [0.3, 0.4) is 0 Å². The van der Waals surface area contributed by atoms with Crippen molar-refractivity contribution in [2.75, 3.05) is 0 Å². The first kappa shape index (κ1) is 18.4. The first-order valence-electron chi connectivity index (χ1n) is 9.45. The quantitative estimate of drug-likeness (QED) is 0.510. The molecule has 2 N–H and O–H groups in total. The van der Waals surface area contributed by atoms with Crippen LogP contribution in [0.5, 0.6) is 5.75 Å². The van der Waals surface area contributed by atoms with E-state index in [1.807, 2.05) is 42.5 Å². The number of pyridine rings is 1. The first-order chi connectivity index (χ1) is 14.6. The van der Waals surface area contributed by atoms with E-state index in [1.54, 1.807) is 35.5 Å². The van der Waals surface area contributed by atoms with E-state index < -0.39 is 0 Å². The van der Waals surface area contributed by atoms with E-state index in [0.717, 1.165) is 16.7 Å². The molecule has 0 bridgehead atoms. The third-order valence-corrected chi connectivity index (χ3v) is 5.56. The van der Waals surface area contributed by atoms with Gasteiger partial charge in [0, 0.05) is 35.1 Å². The zero-order chi connectivity index (χ0) is 20.7. The second-order valence-corrected chi connectivity index (χ2v) is 7.56. The molecule has 1 amide bonds. The van der Waals surface area contributed by atoms with E-state index in [9.17, 15) is 9.90 Å². The van der Waals surface area contributed by atoms with Crippen molar-refractivity contribution < 1.29 is 9.90 Å². The van der Waals surface area contributed by atoms with Crippen LogP contribution in [0, 0.1) is 0 Å². The van der Waals surface area contributed by atoms with Crippen LogP contribution in [0.15, 0.2) is 73.1 Å². The second-order valence-electron chi connectivity index (χ2n) is 7.12. The predicted molar refractivity (Wildman–Crippen MR) is 113 cm³/mol. The van der Waals surface area contributed by atoms with Crippen molar-refractivity contribution in [3.05, 3.63) is 100 Å². The number of aromatic hydroxyl groups is 1. The summed E-state index contributed by atoms with van der Waals surface area (Å²) in [6.45, 7) is 0.414. The number of H-pyrrole nitrogens is 1. The number of aromatic amines is 1. The average Bonchev–Trinajstić information content (AvgIpc) is 3.30. The Bertz CT molecular complexity index is 1220. The number of hydrogen-bond donors (Lipinski definition) is 2. The van der Waals surface area contributed by atoms with E-state index in [0.29, 0.717) is 28.5 Å². The molecule has 4 aromatic rings. The smallest absolute Gasteiger partial charge is 0.273 e. The molecule has 148 valence electrons. The van der Waals surface area contributed by atoms with E-state index >= 15 is 0 Å². The summed E-state index contributed by atoms with van der Waals surface area (Å²) < 4.78 is 0. The van der Waals surface area contributed by atoms with Crippen molar-refractivity contribution >= 4 is 17.5 Å². The highest BCUT2D eigenvalue weighted by atomic mass is 35.5. The summed E-state index contributed by atoms with van der Waals surface area (Å²) in [7, 11) is 0. The number of carbonyl (C=O) groups is 1. The lowest BCUT2D eigenvalue weighted by Crippen LogP contribution is -2.29. The van der Waals surface area contributed by atoms with Gasteiger partial charge in [0.25, 0.3) is 5.91 Å². The van der Waals surface area contributed by atoms with Gasteiger partial charge in [-0.05, 0) is 47.5 Å². The number of phenols is 1. The molecule has 0 saturated heterocycles. The van der Waals surface area contributed by atoms with Crippen molar-refractivity contribution in [1.29, 1.82) is 0 Å². The van der Waals surface area contributed by atoms with Gasteiger partial charge in [-0.1, -0.05) is 35.9 Å². The zero-order valence-corrected chi connectivity index (χ0v) is 16.5. The standard InChI is InChI=1S/C23H17ClN4O2/c24-16-7-5-15(6-8-16)22-19-20(17-3-1-2-4-18(17)29)26-27-21(19)23(30)28(22)13-14-9-11-25-12-10-14/h1-12,22,29H,13H2,(H,26,27). The number of amides is 1. The zero-order valence-electron chi connectivity index (χ0n) is 15.8. The van der Waals surface area contributed by atoms with Crippen LogP contribution in [-0.2, 0) is 6.54 Å². The Labute approximate surface area is 177 Å². The van der Waals surface area contributed by atoms with Gasteiger partial charge in [-0.25, -0.2) is 0 Å². The van der Waals surface area contributed by atoms with Gasteiger partial charge in [-0.15, -0.1) is 0 Å². The van der Waals surface area contributed by atoms with E-state index in [-0.39, 0.29) is 17.7 Å². The minimum absolute atomic E-state index is 0.113. The number of phenolic OH excluding ortho intramolecular Hbond substituents is 1. The lowest BCUT2D eigenvalue weighted by Gasteiger charge is -2.26. The Morgan fingerprint density at radius 2 is 1.77 bits per heavy atom. The summed E-state index contributed by atoms with van der Waals surface area (Å²) in [5.74, 6) is -0.0300. The second kappa shape index (κ2) is 7.31. The van der Waals surface area contributed by atoms with Crippen LogP contribution in [0.4, 0.5) is 0 Å². The summed E-state index contributed by atoms with van der Waals surface area (Å²) >= 11 is 6.10. The van der Waals surface area contributed by atoms with Gasteiger partial charge in [0.05, 0.1) is 6.04 Å². The summed E-state index contributed by atoms with van der Waals surface area (Å²) in [6, 6.07) is 17.8. The van der Waals surface area contributed by atoms with E-state index in [2.05, 4.69) is 15.2 Å². The number of nitrogens with zero attached hydrogens (tertiary/aromatic N) is 3. The molecule has 1 aliphatic heterocycles. The molecule has 3 heterocycles. The average molecular weight is 417 g/mol. The van der Waals surface area contributed by atoms with Gasteiger partial charge in [0.2, 0.25) is 0 Å². The molecule has 5 rings (SSSR count). The minimum atomic E-state index is -0.369. The summed E-state index contributed by atoms with van der Waals surface area (Å²) in [5, 5.41) is 18.3. The van der Waals surface area contributed by atoms with Crippen molar-refractivity contribution in [2.45, 2.75) is 12.6 Å². The Morgan fingerprint density at radius 3 is 2.50 bits per heavy atom. The largest absolute Gasteiger partial charge is 0.507 e. The normalized spacial score (nSPS) is 15.4. The van der Waals surface area contributed by atoms with Crippen LogP contribution >= 0.6 is 11.6 Å². The highest BCUT2D eigenvalue weighted by Gasteiger charge is 2.42. The maximum absolute atomic E-state index is 13.3. The van der Waals surface area contributed by atoms with Crippen molar-refractivity contribution in [2.24, 2.45) is 0 Å². The SMILES string of the molecule is O=C1c2[nH]nc(-c3ccccc3O)c2C(c2ccc(Cl)cc2)N1Cc1ccncc1. The Balaban J connectivity index is 1.67. The number of nitrogens with one attached hydrogen (secondary N) is 1. The fourth-order valence-corrected chi connectivity index (χ4v) is 4.04. The number of fused-ring (bicyclic) bond motifs is 1. The summed E-state index contributed by atoms with van der Waals surface area (Å²) in [5.41, 5.74) is 4.21. The third-order valence-electron chi connectivity index (χ3n) is 5.31. The number of rotatable bonds is 4. The predicted octanol–water partition coefficient (Wildman–Crippen LogP) is 4.58. The molecular formula is C23H17ClN4O2. The van der Waals surface area contributed by atoms with E-state index in [1.165, 1.54) is 0 Å². The number of para-hydroxylation sites is 1. The molecular weight excluding hydrogens is 400 g/mol. The summed E-state index contributed by atoms with van der Waals surface area (Å²) in [4.78, 5) is 19.2. The summed E-state index contributed by atoms with van der Waals surface area (Å²) in [6.07, 6.45) is 3.42. The molecule has 0 fully saturated rings. The van der Waals surface area contributed by atoms with Crippen LogP contribution in [0.2, 0.25) is 5.02 Å². The monoisotopic (exact) mass is 416 g/mol. The molecule has 30 heavy (non-hydrogen) atoms. The fraction of sp³-hybridized carbons (Fsp3) is 0.0870. The number of hydrogen-bond acceptors (Lipinski definition) is 4. The van der Waals surface area contributed by atoms with Gasteiger partial charge in [0.15, 0.2) is 0 Å². The van der Waals surface area contributed by atoms with Gasteiger partial charge in [-0.3, -0.25) is 14.9 Å². The first-order valence-corrected chi connectivity index (χ1v) is 9.83. The molecule has 0 saturated carbocycles. The Hall–Kier alpha value is -3.64. The van der Waals surface area contributed by atoms with Gasteiger partial charge in [-0.2, -0.15) is 5.10 Å². The number of carbonyl (C=O) groups excluding carboxylic acids is 1.